The molecule has 0 spiro atoms. The molecule has 64 valence electrons. The molecule has 0 amide bonds. The van der Waals surface area contributed by atoms with E-state index in [0.717, 1.165) is 0 Å². The quantitative estimate of drug-likeness (QED) is 0.575. The first kappa shape index (κ1) is 9.85. The Labute approximate surface area is 91.0 Å². The number of carbonyl (C=O) groups excluding carboxylic acids is 1. The molecule has 0 aliphatic heterocycles. The second-order valence-electron chi connectivity index (χ2n) is 1.82. The lowest BCUT2D eigenvalue weighted by Gasteiger charge is -1.99. The number of nitrogens with zero attached hydrogens (tertiary/aromatic N) is 2. The van der Waals surface area contributed by atoms with Gasteiger partial charge in [-0.1, -0.05) is 0 Å². The average Bonchev–Trinajstić information content (AvgIpc) is 2.08. The highest BCUT2D eigenvalue weighted by molar-refractivity contribution is 14.1. The van der Waals surface area contributed by atoms with Gasteiger partial charge in [0.15, 0.2) is 5.69 Å². The molecular weight excluding hydrogens is 339 g/mol. The summed E-state index contributed by atoms with van der Waals surface area (Å²) in [5.74, 6) is -0.493. The first-order valence-corrected chi connectivity index (χ1v) is 4.78. The number of carbonyl (C=O) groups is 1. The van der Waals surface area contributed by atoms with Crippen LogP contribution in [-0.4, -0.2) is 23.0 Å². The van der Waals surface area contributed by atoms with Gasteiger partial charge >= 0.3 is 5.97 Å². The molecule has 0 atom stereocenters. The van der Waals surface area contributed by atoms with Crippen molar-refractivity contribution in [2.45, 2.75) is 0 Å². The Bertz CT molecular complexity index is 318. The summed E-state index contributed by atoms with van der Waals surface area (Å²) in [6.45, 7) is 0. The summed E-state index contributed by atoms with van der Waals surface area (Å²) >= 11 is 5.06. The Balaban J connectivity index is 3.13. The summed E-state index contributed by atoms with van der Waals surface area (Å²) in [7, 11) is 1.30. The predicted molar refractivity (Wildman–Crippen MR) is 53.8 cm³/mol. The van der Waals surface area contributed by atoms with Crippen molar-refractivity contribution in [3.05, 3.63) is 20.2 Å². The van der Waals surface area contributed by atoms with E-state index >= 15 is 0 Å². The van der Waals surface area contributed by atoms with Crippen LogP contribution in [0.15, 0.2) is 10.8 Å². The zero-order valence-electron chi connectivity index (χ0n) is 6.04. The van der Waals surface area contributed by atoms with Crippen molar-refractivity contribution < 1.29 is 9.53 Å². The second kappa shape index (κ2) is 4.13. The number of ether oxygens (including phenoxy) is 1. The Kier molecular flexibility index (Phi) is 3.39. The summed E-state index contributed by atoms with van der Waals surface area (Å²) < 4.78 is 5.54. The molecule has 0 fully saturated rings. The molecule has 1 rings (SSSR count). The van der Waals surface area contributed by atoms with Gasteiger partial charge in [-0.3, -0.25) is 0 Å². The third-order valence-electron chi connectivity index (χ3n) is 1.08. The average molecular weight is 343 g/mol. The van der Waals surface area contributed by atoms with Crippen molar-refractivity contribution in [1.82, 2.24) is 9.97 Å². The van der Waals surface area contributed by atoms with Crippen LogP contribution in [0.3, 0.4) is 0 Å². The zero-order chi connectivity index (χ0) is 9.14. The van der Waals surface area contributed by atoms with E-state index < -0.39 is 5.97 Å². The van der Waals surface area contributed by atoms with Gasteiger partial charge in [0, 0.05) is 0 Å². The fourth-order valence-electron chi connectivity index (χ4n) is 0.579. The lowest BCUT2D eigenvalue weighted by atomic mass is 10.5. The van der Waals surface area contributed by atoms with E-state index in [-0.39, 0.29) is 5.69 Å². The molecule has 0 aliphatic carbocycles. The van der Waals surface area contributed by atoms with Gasteiger partial charge in [0.1, 0.15) is 8.30 Å². The molecule has 0 aliphatic rings. The summed E-state index contributed by atoms with van der Waals surface area (Å²) in [6, 6.07) is 0. The first-order chi connectivity index (χ1) is 5.65. The van der Waals surface area contributed by atoms with E-state index in [2.05, 4.69) is 30.6 Å². The maximum Gasteiger partial charge on any atom is 0.359 e. The molecule has 0 bridgehead atoms. The summed E-state index contributed by atoms with van der Waals surface area (Å²) in [5, 5.41) is 0. The topological polar surface area (TPSA) is 52.1 Å². The Hall–Kier alpha value is -0.240. The van der Waals surface area contributed by atoms with Crippen molar-refractivity contribution in [2.24, 2.45) is 0 Å². The van der Waals surface area contributed by atoms with Gasteiger partial charge in [-0.2, -0.15) is 0 Å². The van der Waals surface area contributed by atoms with Gasteiger partial charge in [0.25, 0.3) is 0 Å². The van der Waals surface area contributed by atoms with Gasteiger partial charge in [-0.25, -0.2) is 14.8 Å². The molecule has 1 heterocycles. The smallest absolute Gasteiger partial charge is 0.359 e. The van der Waals surface area contributed by atoms with Crippen LogP contribution >= 0.6 is 38.5 Å². The van der Waals surface area contributed by atoms with Crippen LogP contribution in [0.4, 0.5) is 0 Å². The normalized spacial score (nSPS) is 9.58. The summed E-state index contributed by atoms with van der Waals surface area (Å²) in [5.41, 5.74) is 0.199. The molecular formula is C6H4BrIN2O2. The first-order valence-electron chi connectivity index (χ1n) is 2.91. The lowest BCUT2D eigenvalue weighted by molar-refractivity contribution is 0.0592. The molecule has 0 N–H and O–H groups in total. The number of aromatic nitrogens is 2. The molecule has 0 radical (unpaired) electrons. The second-order valence-corrected chi connectivity index (χ2v) is 3.68. The van der Waals surface area contributed by atoms with E-state index in [4.69, 9.17) is 0 Å². The van der Waals surface area contributed by atoms with Crippen molar-refractivity contribution >= 4 is 44.5 Å². The highest BCUT2D eigenvalue weighted by Crippen LogP contribution is 2.13. The minimum atomic E-state index is -0.493. The Morgan fingerprint density at radius 1 is 1.75 bits per heavy atom. The molecule has 0 aromatic carbocycles. The van der Waals surface area contributed by atoms with E-state index in [1.807, 2.05) is 22.6 Å². The van der Waals surface area contributed by atoms with Crippen molar-refractivity contribution in [1.29, 1.82) is 0 Å². The molecule has 0 unspecified atom stereocenters. The van der Waals surface area contributed by atoms with Crippen LogP contribution in [0.2, 0.25) is 0 Å². The lowest BCUT2D eigenvalue weighted by Crippen LogP contribution is -2.07. The number of hydrogen-bond donors (Lipinski definition) is 0. The van der Waals surface area contributed by atoms with Gasteiger partial charge in [-0.15, -0.1) is 0 Å². The Morgan fingerprint density at radius 2 is 2.42 bits per heavy atom. The monoisotopic (exact) mass is 342 g/mol. The number of halogens is 2. The van der Waals surface area contributed by atoms with E-state index in [0.29, 0.717) is 8.30 Å². The summed E-state index contributed by atoms with van der Waals surface area (Å²) in [6.07, 6.45) is 1.55. The Morgan fingerprint density at radius 3 is 3.00 bits per heavy atom. The fraction of sp³-hybridized carbons (Fsp3) is 0.167. The van der Waals surface area contributed by atoms with Crippen LogP contribution < -0.4 is 0 Å². The molecule has 0 saturated carbocycles. The van der Waals surface area contributed by atoms with Crippen LogP contribution in [-0.2, 0) is 4.74 Å². The molecule has 1 aromatic heterocycles. The van der Waals surface area contributed by atoms with Gasteiger partial charge in [-0.05, 0) is 38.5 Å². The SMILES string of the molecule is COC(=O)c1nc(I)cnc1Br. The zero-order valence-corrected chi connectivity index (χ0v) is 9.79. The van der Waals surface area contributed by atoms with Crippen molar-refractivity contribution in [2.75, 3.05) is 7.11 Å². The minimum Gasteiger partial charge on any atom is -0.464 e. The molecule has 12 heavy (non-hydrogen) atoms. The molecule has 1 aromatic rings. The van der Waals surface area contributed by atoms with Crippen LogP contribution in [0.25, 0.3) is 0 Å². The third kappa shape index (κ3) is 2.13. The number of hydrogen-bond acceptors (Lipinski definition) is 4. The fourth-order valence-corrected chi connectivity index (χ4v) is 1.31. The van der Waals surface area contributed by atoms with Crippen LogP contribution in [0.1, 0.15) is 10.5 Å². The number of rotatable bonds is 1. The standard InChI is InChI=1S/C6H4BrIN2O2/c1-12-6(11)4-5(7)9-2-3(8)10-4/h2H,1H3. The third-order valence-corrected chi connectivity index (χ3v) is 2.18. The van der Waals surface area contributed by atoms with E-state index in [1.165, 1.54) is 7.11 Å². The molecule has 0 saturated heterocycles. The largest absolute Gasteiger partial charge is 0.464 e. The van der Waals surface area contributed by atoms with Crippen molar-refractivity contribution in [3.8, 4) is 0 Å². The molecule has 6 heteroatoms. The van der Waals surface area contributed by atoms with Crippen LogP contribution in [0.5, 0.6) is 0 Å². The van der Waals surface area contributed by atoms with Gasteiger partial charge < -0.3 is 4.74 Å². The van der Waals surface area contributed by atoms with E-state index in [1.54, 1.807) is 6.20 Å². The van der Waals surface area contributed by atoms with E-state index in [9.17, 15) is 4.79 Å². The highest BCUT2D eigenvalue weighted by atomic mass is 127. The van der Waals surface area contributed by atoms with Crippen molar-refractivity contribution in [3.63, 3.8) is 0 Å². The maximum atomic E-state index is 11.0. The number of esters is 1. The minimum absolute atomic E-state index is 0.199. The summed E-state index contributed by atoms with van der Waals surface area (Å²) in [4.78, 5) is 18.9. The van der Waals surface area contributed by atoms with Gasteiger partial charge in [0.2, 0.25) is 0 Å². The number of methoxy groups -OCH3 is 1. The maximum absolute atomic E-state index is 11.0. The predicted octanol–water partition coefficient (Wildman–Crippen LogP) is 1.63. The highest BCUT2D eigenvalue weighted by Gasteiger charge is 2.13. The van der Waals surface area contributed by atoms with Crippen LogP contribution in [0, 0.1) is 3.70 Å². The molecule has 4 nitrogen and oxygen atoms in total. The van der Waals surface area contributed by atoms with Gasteiger partial charge in [0.05, 0.1) is 13.3 Å².